The Morgan fingerprint density at radius 1 is 1.38 bits per heavy atom. The lowest BCUT2D eigenvalue weighted by Gasteiger charge is -2.33. The number of anilines is 2. The fourth-order valence-corrected chi connectivity index (χ4v) is 3.72. The Hall–Kier alpha value is -2.22. The van der Waals surface area contributed by atoms with Crippen molar-refractivity contribution >= 4 is 33.1 Å². The van der Waals surface area contributed by atoms with E-state index in [1.54, 1.807) is 6.20 Å². The monoisotopic (exact) mass is 391 g/mol. The predicted octanol–water partition coefficient (Wildman–Crippen LogP) is 3.19. The molecule has 1 aliphatic rings. The summed E-state index contributed by atoms with van der Waals surface area (Å²) in [7, 11) is 0. The van der Waals surface area contributed by atoms with Crippen molar-refractivity contribution in [2.24, 2.45) is 5.92 Å². The number of rotatable bonds is 4. The van der Waals surface area contributed by atoms with Crippen LogP contribution in [0.4, 0.5) is 17.2 Å². The second-order valence-electron chi connectivity index (χ2n) is 5.94. The van der Waals surface area contributed by atoms with E-state index < -0.39 is 4.92 Å². The van der Waals surface area contributed by atoms with Gasteiger partial charge in [-0.1, -0.05) is 6.07 Å². The zero-order chi connectivity index (χ0) is 17.1. The molecule has 1 saturated heterocycles. The summed E-state index contributed by atoms with van der Waals surface area (Å²) in [6.07, 6.45) is 8.14. The summed E-state index contributed by atoms with van der Waals surface area (Å²) in [6, 6.07) is 4.04. The smallest absolute Gasteiger partial charge is 0.335 e. The first-order valence-electron chi connectivity index (χ1n) is 7.78. The summed E-state index contributed by atoms with van der Waals surface area (Å²) >= 11 is 3.38. The van der Waals surface area contributed by atoms with Crippen LogP contribution in [-0.2, 0) is 6.42 Å². The summed E-state index contributed by atoms with van der Waals surface area (Å²) in [6.45, 7) is 1.52. The number of piperidine rings is 1. The molecule has 2 aromatic heterocycles. The Morgan fingerprint density at radius 2 is 2.12 bits per heavy atom. The molecule has 0 bridgehead atoms. The SMILES string of the molecule is Nc1ncc(Br)c(N2CCC(Cc3cccnc3)CC2)c1[N+](=O)[O-]. The molecule has 8 heteroatoms. The van der Waals surface area contributed by atoms with Crippen LogP contribution in [0.1, 0.15) is 18.4 Å². The van der Waals surface area contributed by atoms with Gasteiger partial charge in [0.1, 0.15) is 5.69 Å². The van der Waals surface area contributed by atoms with Crippen molar-refractivity contribution in [3.8, 4) is 0 Å². The van der Waals surface area contributed by atoms with Crippen LogP contribution in [-0.4, -0.2) is 28.0 Å². The van der Waals surface area contributed by atoms with Crippen molar-refractivity contribution < 1.29 is 4.92 Å². The molecule has 7 nitrogen and oxygen atoms in total. The number of hydrogen-bond acceptors (Lipinski definition) is 6. The molecule has 2 N–H and O–H groups in total. The average Bonchev–Trinajstić information content (AvgIpc) is 2.58. The van der Waals surface area contributed by atoms with E-state index in [2.05, 4.69) is 32.0 Å². The van der Waals surface area contributed by atoms with E-state index in [0.717, 1.165) is 32.4 Å². The Bertz CT molecular complexity index is 733. The lowest BCUT2D eigenvalue weighted by molar-refractivity contribution is -0.383. The van der Waals surface area contributed by atoms with Crippen LogP contribution in [0.3, 0.4) is 0 Å². The summed E-state index contributed by atoms with van der Waals surface area (Å²) in [5.74, 6) is 0.512. The van der Waals surface area contributed by atoms with Crippen molar-refractivity contribution in [3.63, 3.8) is 0 Å². The molecule has 3 heterocycles. The van der Waals surface area contributed by atoms with E-state index >= 15 is 0 Å². The molecule has 1 fully saturated rings. The highest BCUT2D eigenvalue weighted by atomic mass is 79.9. The van der Waals surface area contributed by atoms with Gasteiger partial charge in [0.2, 0.25) is 5.82 Å². The summed E-state index contributed by atoms with van der Waals surface area (Å²) in [5, 5.41) is 11.4. The van der Waals surface area contributed by atoms with Gasteiger partial charge in [-0.15, -0.1) is 0 Å². The highest BCUT2D eigenvalue weighted by Crippen LogP contribution is 2.40. The van der Waals surface area contributed by atoms with Crippen molar-refractivity contribution in [3.05, 3.63) is 50.9 Å². The molecule has 0 unspecified atom stereocenters. The van der Waals surface area contributed by atoms with Crippen molar-refractivity contribution in [1.82, 2.24) is 9.97 Å². The Balaban J connectivity index is 1.73. The fraction of sp³-hybridized carbons (Fsp3) is 0.375. The van der Waals surface area contributed by atoms with Crippen LogP contribution in [0.15, 0.2) is 35.2 Å². The molecule has 0 spiro atoms. The van der Waals surface area contributed by atoms with E-state index in [9.17, 15) is 10.1 Å². The molecule has 3 rings (SSSR count). The highest BCUT2D eigenvalue weighted by molar-refractivity contribution is 9.10. The average molecular weight is 392 g/mol. The maximum absolute atomic E-state index is 11.4. The third-order valence-corrected chi connectivity index (χ3v) is 4.95. The fourth-order valence-electron chi connectivity index (χ4n) is 3.18. The minimum atomic E-state index is -0.454. The van der Waals surface area contributed by atoms with Gasteiger partial charge in [0, 0.05) is 31.7 Å². The van der Waals surface area contributed by atoms with Gasteiger partial charge < -0.3 is 10.6 Å². The quantitative estimate of drug-likeness (QED) is 0.634. The molecule has 0 atom stereocenters. The summed E-state index contributed by atoms with van der Waals surface area (Å²) in [5.41, 5.74) is 7.37. The topological polar surface area (TPSA) is 98.2 Å². The molecule has 0 saturated carbocycles. The second-order valence-corrected chi connectivity index (χ2v) is 6.80. The van der Waals surface area contributed by atoms with Gasteiger partial charge in [-0.05, 0) is 52.7 Å². The molecule has 0 aromatic carbocycles. The van der Waals surface area contributed by atoms with Gasteiger partial charge in [0.05, 0.1) is 9.40 Å². The number of aromatic nitrogens is 2. The maximum Gasteiger partial charge on any atom is 0.335 e. The second kappa shape index (κ2) is 7.12. The number of nitrogens with zero attached hydrogens (tertiary/aromatic N) is 4. The highest BCUT2D eigenvalue weighted by Gasteiger charge is 2.29. The Morgan fingerprint density at radius 3 is 2.75 bits per heavy atom. The number of nitro groups is 1. The third-order valence-electron chi connectivity index (χ3n) is 4.37. The zero-order valence-corrected chi connectivity index (χ0v) is 14.6. The summed E-state index contributed by atoms with van der Waals surface area (Å²) < 4.78 is 0.606. The Labute approximate surface area is 148 Å². The number of nitrogen functional groups attached to an aromatic ring is 1. The lowest BCUT2D eigenvalue weighted by Crippen LogP contribution is -2.35. The van der Waals surface area contributed by atoms with E-state index in [1.807, 2.05) is 17.2 Å². The van der Waals surface area contributed by atoms with Crippen LogP contribution in [0.2, 0.25) is 0 Å². The predicted molar refractivity (Wildman–Crippen MR) is 95.9 cm³/mol. The van der Waals surface area contributed by atoms with Gasteiger partial charge in [-0.25, -0.2) is 4.98 Å². The minimum Gasteiger partial charge on any atom is -0.378 e. The van der Waals surface area contributed by atoms with Crippen LogP contribution in [0.5, 0.6) is 0 Å². The number of nitrogens with two attached hydrogens (primary N) is 1. The van der Waals surface area contributed by atoms with E-state index in [1.165, 1.54) is 11.8 Å². The number of hydrogen-bond donors (Lipinski definition) is 1. The number of pyridine rings is 2. The number of halogens is 1. The molecule has 126 valence electrons. The van der Waals surface area contributed by atoms with Crippen LogP contribution >= 0.6 is 15.9 Å². The zero-order valence-electron chi connectivity index (χ0n) is 13.1. The molecular formula is C16H18BrN5O2. The van der Waals surface area contributed by atoms with Crippen LogP contribution in [0.25, 0.3) is 0 Å². The molecule has 0 radical (unpaired) electrons. The van der Waals surface area contributed by atoms with E-state index in [4.69, 9.17) is 5.73 Å². The Kier molecular flexibility index (Phi) is 4.94. The minimum absolute atomic E-state index is 0.0457. The molecule has 0 aliphatic carbocycles. The lowest BCUT2D eigenvalue weighted by atomic mass is 9.90. The van der Waals surface area contributed by atoms with Crippen molar-refractivity contribution in [1.29, 1.82) is 0 Å². The van der Waals surface area contributed by atoms with E-state index in [-0.39, 0.29) is 11.5 Å². The molecule has 2 aromatic rings. The van der Waals surface area contributed by atoms with Crippen LogP contribution in [0, 0.1) is 16.0 Å². The van der Waals surface area contributed by atoms with Gasteiger partial charge in [0.25, 0.3) is 0 Å². The third kappa shape index (κ3) is 3.48. The molecule has 0 amide bonds. The van der Waals surface area contributed by atoms with Crippen molar-refractivity contribution in [2.45, 2.75) is 19.3 Å². The molecular weight excluding hydrogens is 374 g/mol. The summed E-state index contributed by atoms with van der Waals surface area (Å²) in [4.78, 5) is 21.0. The van der Waals surface area contributed by atoms with Gasteiger partial charge in [0.15, 0.2) is 0 Å². The normalized spacial score (nSPS) is 15.5. The first-order valence-corrected chi connectivity index (χ1v) is 8.57. The van der Waals surface area contributed by atoms with Gasteiger partial charge in [-0.2, -0.15) is 0 Å². The van der Waals surface area contributed by atoms with Crippen molar-refractivity contribution in [2.75, 3.05) is 23.7 Å². The van der Waals surface area contributed by atoms with Crippen LogP contribution < -0.4 is 10.6 Å². The van der Waals surface area contributed by atoms with E-state index in [0.29, 0.717) is 16.1 Å². The first kappa shape index (κ1) is 16.6. The van der Waals surface area contributed by atoms with Gasteiger partial charge >= 0.3 is 5.69 Å². The standard InChI is InChI=1S/C16H18BrN5O2/c17-13-10-20-16(18)15(22(23)24)14(13)21-6-3-11(4-7-21)8-12-2-1-5-19-9-12/h1-2,5,9-11H,3-4,6-8H2,(H2,18,20). The maximum atomic E-state index is 11.4. The molecule has 24 heavy (non-hydrogen) atoms. The van der Waals surface area contributed by atoms with Gasteiger partial charge in [-0.3, -0.25) is 15.1 Å². The molecule has 1 aliphatic heterocycles. The first-order chi connectivity index (χ1) is 11.6. The largest absolute Gasteiger partial charge is 0.378 e.